The van der Waals surface area contributed by atoms with Crippen molar-refractivity contribution >= 4 is 35.0 Å². The average Bonchev–Trinajstić information content (AvgIpc) is 3.84. The molecule has 0 bridgehead atoms. The quantitative estimate of drug-likeness (QED) is 0.205. The van der Waals surface area contributed by atoms with E-state index in [-0.39, 0.29) is 40.0 Å². The molecule has 2 aromatic heterocycles. The van der Waals surface area contributed by atoms with Crippen LogP contribution < -0.4 is 0 Å². The van der Waals surface area contributed by atoms with Crippen molar-refractivity contribution in [1.82, 2.24) is 19.4 Å². The molecular formula is C37H36Cl2F6N4O4. The second-order valence-electron chi connectivity index (χ2n) is 13.0. The van der Waals surface area contributed by atoms with Crippen LogP contribution in [0.15, 0.2) is 48.5 Å². The molecule has 3 aliphatic rings. The van der Waals surface area contributed by atoms with Gasteiger partial charge in [0.25, 0.3) is 11.8 Å². The number of aromatic nitrogens is 2. The second kappa shape index (κ2) is 15.4. The van der Waals surface area contributed by atoms with Gasteiger partial charge in [-0.3, -0.25) is 9.59 Å². The van der Waals surface area contributed by atoms with Crippen LogP contribution in [0.5, 0.6) is 0 Å². The number of H-pyrrole nitrogens is 1. The molecule has 1 N–H and O–H groups in total. The van der Waals surface area contributed by atoms with E-state index < -0.39 is 29.6 Å². The van der Waals surface area contributed by atoms with Gasteiger partial charge in [0.1, 0.15) is 22.8 Å². The van der Waals surface area contributed by atoms with E-state index in [1.807, 2.05) is 0 Å². The third-order valence-corrected chi connectivity index (χ3v) is 9.95. The van der Waals surface area contributed by atoms with Gasteiger partial charge in [0.05, 0.1) is 26.4 Å². The molecule has 0 atom stereocenters. The summed E-state index contributed by atoms with van der Waals surface area (Å²) in [5.41, 5.74) is 0.155. The van der Waals surface area contributed by atoms with Gasteiger partial charge in [-0.15, -0.1) is 0 Å². The fourth-order valence-electron chi connectivity index (χ4n) is 6.79. The Morgan fingerprint density at radius 2 is 1.13 bits per heavy atom. The number of alkyl halides is 6. The van der Waals surface area contributed by atoms with Gasteiger partial charge >= 0.3 is 12.4 Å². The van der Waals surface area contributed by atoms with Crippen LogP contribution in [0.2, 0.25) is 10.0 Å². The Morgan fingerprint density at radius 1 is 0.679 bits per heavy atom. The lowest BCUT2D eigenvalue weighted by Crippen LogP contribution is -2.41. The van der Waals surface area contributed by atoms with Crippen LogP contribution in [0.3, 0.4) is 0 Å². The van der Waals surface area contributed by atoms with Crippen LogP contribution in [0.1, 0.15) is 62.4 Å². The highest BCUT2D eigenvalue weighted by Gasteiger charge is 2.45. The molecule has 0 unspecified atom stereocenters. The molecule has 1 saturated carbocycles. The first-order chi connectivity index (χ1) is 25.1. The van der Waals surface area contributed by atoms with Gasteiger partial charge < -0.3 is 28.8 Å². The van der Waals surface area contributed by atoms with Crippen molar-refractivity contribution in [3.05, 3.63) is 92.5 Å². The normalized spacial score (nSPS) is 16.7. The minimum Gasteiger partial charge on any atom is -0.378 e. The Bertz CT molecular complexity index is 1960. The molecule has 2 aromatic carbocycles. The van der Waals surface area contributed by atoms with E-state index in [4.69, 9.17) is 32.7 Å². The van der Waals surface area contributed by atoms with E-state index in [9.17, 15) is 35.9 Å². The highest BCUT2D eigenvalue weighted by molar-refractivity contribution is 6.31. The van der Waals surface area contributed by atoms with E-state index in [2.05, 4.69) is 4.98 Å². The summed E-state index contributed by atoms with van der Waals surface area (Å²) in [6.45, 7) is 5.75. The number of benzene rings is 2. The summed E-state index contributed by atoms with van der Waals surface area (Å²) in [7, 11) is 0. The zero-order chi connectivity index (χ0) is 38.2. The Morgan fingerprint density at radius 3 is 1.57 bits per heavy atom. The number of morpholine rings is 2. The molecule has 1 aliphatic carbocycles. The van der Waals surface area contributed by atoms with Crippen LogP contribution in [0, 0.1) is 13.8 Å². The molecule has 8 nitrogen and oxygen atoms in total. The van der Waals surface area contributed by atoms with Crippen molar-refractivity contribution in [3.8, 4) is 22.3 Å². The minimum atomic E-state index is -4.57. The molecule has 2 amide bonds. The summed E-state index contributed by atoms with van der Waals surface area (Å²) in [5, 5.41) is 0.953. The highest BCUT2D eigenvalue weighted by Crippen LogP contribution is 2.48. The summed E-state index contributed by atoms with van der Waals surface area (Å²) in [5.74, 6) is -0.842. The molecule has 0 radical (unpaired) electrons. The molecular weight excluding hydrogens is 749 g/mol. The first kappa shape index (κ1) is 38.7. The second-order valence-corrected chi connectivity index (χ2v) is 13.9. The lowest BCUT2D eigenvalue weighted by Gasteiger charge is -2.28. The SMILES string of the molecule is Cc1c(-c2ccc(Cl)cc2)c(C(=O)N2CCOCC2)n(C2CC2)c1C(F)(F)F.Cc1c(C(F)(F)F)[nH]c(C(=O)N2CCOCC2)c1-c1ccc(Cl)cc1. The molecule has 4 aromatic rings. The number of nitrogens with zero attached hydrogens (tertiary/aromatic N) is 3. The molecule has 4 heterocycles. The number of hydrogen-bond acceptors (Lipinski definition) is 4. The Labute approximate surface area is 311 Å². The molecule has 53 heavy (non-hydrogen) atoms. The van der Waals surface area contributed by atoms with Crippen molar-refractivity contribution in [2.24, 2.45) is 0 Å². The number of nitrogens with one attached hydrogen (secondary N) is 1. The maximum atomic E-state index is 14.0. The summed E-state index contributed by atoms with van der Waals surface area (Å²) in [4.78, 5) is 31.5. The minimum absolute atomic E-state index is 0.00793. The van der Waals surface area contributed by atoms with Crippen LogP contribution in [-0.4, -0.2) is 83.8 Å². The van der Waals surface area contributed by atoms with Crippen molar-refractivity contribution in [1.29, 1.82) is 0 Å². The van der Waals surface area contributed by atoms with Crippen LogP contribution >= 0.6 is 23.2 Å². The van der Waals surface area contributed by atoms with Crippen LogP contribution in [0.25, 0.3) is 22.3 Å². The first-order valence-electron chi connectivity index (χ1n) is 17.0. The van der Waals surface area contributed by atoms with Crippen molar-refractivity contribution in [2.75, 3.05) is 52.6 Å². The van der Waals surface area contributed by atoms with Crippen LogP contribution in [-0.2, 0) is 21.8 Å². The van der Waals surface area contributed by atoms with E-state index in [0.29, 0.717) is 92.2 Å². The van der Waals surface area contributed by atoms with Crippen molar-refractivity contribution < 1.29 is 45.4 Å². The van der Waals surface area contributed by atoms with Gasteiger partial charge in [-0.25, -0.2) is 0 Å². The highest BCUT2D eigenvalue weighted by atomic mass is 35.5. The number of carbonyl (C=O) groups excluding carboxylic acids is 2. The number of amides is 2. The third-order valence-electron chi connectivity index (χ3n) is 9.44. The Hall–Kier alpha value is -3.98. The molecule has 2 saturated heterocycles. The van der Waals surface area contributed by atoms with E-state index in [0.717, 1.165) is 0 Å². The fraction of sp³-hybridized carbons (Fsp3) is 0.405. The number of carbonyl (C=O) groups is 2. The van der Waals surface area contributed by atoms with Gasteiger partial charge in [0.2, 0.25) is 0 Å². The van der Waals surface area contributed by atoms with Gasteiger partial charge in [-0.2, -0.15) is 26.3 Å². The maximum absolute atomic E-state index is 14.0. The lowest BCUT2D eigenvalue weighted by molar-refractivity contribution is -0.144. The number of rotatable bonds is 5. The fourth-order valence-corrected chi connectivity index (χ4v) is 7.04. The topological polar surface area (TPSA) is 79.8 Å². The number of aromatic amines is 1. The largest absolute Gasteiger partial charge is 0.431 e. The zero-order valence-corrected chi connectivity index (χ0v) is 30.3. The number of ether oxygens (including phenoxy) is 2. The van der Waals surface area contributed by atoms with E-state index in [1.165, 1.54) is 23.3 Å². The molecule has 284 valence electrons. The van der Waals surface area contributed by atoms with Gasteiger partial charge in [-0.05, 0) is 73.2 Å². The summed E-state index contributed by atoms with van der Waals surface area (Å²) >= 11 is 11.8. The van der Waals surface area contributed by atoms with Gasteiger partial charge in [0.15, 0.2) is 0 Å². The predicted molar refractivity (Wildman–Crippen MR) is 187 cm³/mol. The summed E-state index contributed by atoms with van der Waals surface area (Å²) in [6.07, 6.45) is -7.84. The molecule has 2 aliphatic heterocycles. The van der Waals surface area contributed by atoms with Gasteiger partial charge in [0, 0.05) is 53.4 Å². The maximum Gasteiger partial charge on any atom is 0.431 e. The van der Waals surface area contributed by atoms with Crippen molar-refractivity contribution in [3.63, 3.8) is 0 Å². The van der Waals surface area contributed by atoms with E-state index in [1.54, 1.807) is 53.4 Å². The predicted octanol–water partition coefficient (Wildman–Crippen LogP) is 9.08. The third kappa shape index (κ3) is 8.25. The monoisotopic (exact) mass is 784 g/mol. The standard InChI is InChI=1S/C20H20ClF3N2O2.C17H16ClF3N2O2/c1-12-16(13-2-4-14(21)5-3-13)17(19(27)25-8-10-28-11-9-25)26(15-6-7-15)18(12)20(22,23)24;1-10-13(11-2-4-12(18)5-3-11)14(22-15(10)17(19,20)21)16(24)23-6-8-25-9-7-23/h2-5,15H,6-11H2,1H3;2-5,22H,6-9H2,1H3. The average molecular weight is 786 g/mol. The molecule has 16 heteroatoms. The zero-order valence-electron chi connectivity index (χ0n) is 28.8. The van der Waals surface area contributed by atoms with Crippen LogP contribution in [0.4, 0.5) is 26.3 Å². The smallest absolute Gasteiger partial charge is 0.378 e. The first-order valence-corrected chi connectivity index (χ1v) is 17.7. The number of halogens is 8. The molecule has 3 fully saturated rings. The van der Waals surface area contributed by atoms with Crippen molar-refractivity contribution in [2.45, 2.75) is 45.1 Å². The lowest BCUT2D eigenvalue weighted by atomic mass is 10.00. The number of hydrogen-bond donors (Lipinski definition) is 1. The summed E-state index contributed by atoms with van der Waals surface area (Å²) < 4.78 is 93.7. The summed E-state index contributed by atoms with van der Waals surface area (Å²) in [6, 6.07) is 12.7. The molecule has 0 spiro atoms. The van der Waals surface area contributed by atoms with Gasteiger partial charge in [-0.1, -0.05) is 47.5 Å². The Balaban J connectivity index is 0.000000183. The molecule has 7 rings (SSSR count). The van der Waals surface area contributed by atoms with E-state index >= 15 is 0 Å². The Kier molecular flexibility index (Phi) is 11.3.